The van der Waals surface area contributed by atoms with Crippen LogP contribution in [0.4, 0.5) is 21.7 Å². The second-order valence-electron chi connectivity index (χ2n) is 10.4. The number of hydrogen-bond donors (Lipinski definition) is 2. The molecule has 0 radical (unpaired) electrons. The van der Waals surface area contributed by atoms with Gasteiger partial charge in [0.1, 0.15) is 11.7 Å². The van der Waals surface area contributed by atoms with Gasteiger partial charge in [-0.1, -0.05) is 20.8 Å². The van der Waals surface area contributed by atoms with E-state index in [9.17, 15) is 14.4 Å². The van der Waals surface area contributed by atoms with Gasteiger partial charge in [0, 0.05) is 23.7 Å². The van der Waals surface area contributed by atoms with Gasteiger partial charge in [-0.05, 0) is 63.8 Å². The van der Waals surface area contributed by atoms with Crippen LogP contribution in [0.2, 0.25) is 0 Å². The van der Waals surface area contributed by atoms with E-state index in [1.165, 1.54) is 6.07 Å². The van der Waals surface area contributed by atoms with Gasteiger partial charge in [0.15, 0.2) is 17.5 Å². The van der Waals surface area contributed by atoms with Crippen molar-refractivity contribution >= 4 is 34.2 Å². The van der Waals surface area contributed by atoms with Crippen molar-refractivity contribution in [2.75, 3.05) is 10.6 Å². The fraction of sp³-hybridized carbons (Fsp3) is 0.481. The Morgan fingerprint density at radius 2 is 1.94 bits per heavy atom. The molecule has 0 aliphatic rings. The van der Waals surface area contributed by atoms with Crippen molar-refractivity contribution in [3.63, 3.8) is 0 Å². The summed E-state index contributed by atoms with van der Waals surface area (Å²) in [6.07, 6.45) is 1.96. The summed E-state index contributed by atoms with van der Waals surface area (Å²) in [4.78, 5) is 16.8. The van der Waals surface area contributed by atoms with E-state index in [0.717, 1.165) is 17.4 Å². The number of pyridine rings is 1. The summed E-state index contributed by atoms with van der Waals surface area (Å²) in [5, 5.41) is 21.2. The molecule has 36 heavy (non-hydrogen) atoms. The van der Waals surface area contributed by atoms with E-state index in [4.69, 9.17) is 4.74 Å². The number of ether oxygens (including phenoxy) is 1. The molecule has 9 heteroatoms. The summed E-state index contributed by atoms with van der Waals surface area (Å²) in [5.74, 6) is -0.748. The summed E-state index contributed by atoms with van der Waals surface area (Å²) in [6, 6.07) is 8.65. The van der Waals surface area contributed by atoms with Crippen LogP contribution in [0.3, 0.4) is 0 Å². The van der Waals surface area contributed by atoms with Gasteiger partial charge in [-0.15, -0.1) is 0 Å². The molecule has 0 saturated heterocycles. The van der Waals surface area contributed by atoms with E-state index in [1.54, 1.807) is 6.20 Å². The Labute approximate surface area is 211 Å². The average Bonchev–Trinajstić information content (AvgIpc) is 3.19. The van der Waals surface area contributed by atoms with Crippen molar-refractivity contribution in [1.29, 1.82) is 5.26 Å². The van der Waals surface area contributed by atoms with Crippen LogP contribution >= 0.6 is 0 Å². The number of halogens is 1. The van der Waals surface area contributed by atoms with E-state index >= 15 is 0 Å². The molecule has 2 aromatic heterocycles. The highest BCUT2D eigenvalue weighted by atomic mass is 19.1. The van der Waals surface area contributed by atoms with E-state index in [-0.39, 0.29) is 47.5 Å². The van der Waals surface area contributed by atoms with Crippen LogP contribution in [0.5, 0.6) is 0 Å². The SMILES string of the molecule is CCn1ncc2cc(Nc3nc(N[C@H](C(C)C)[C@H](C)CC(=O)OC(C)(C)C)c(F)cc3C#N)ccc21. The maximum atomic E-state index is 15.0. The quantitative estimate of drug-likeness (QED) is 0.351. The number of carbonyl (C=O) groups excluding carboxylic acids is 1. The first-order valence-corrected chi connectivity index (χ1v) is 12.2. The zero-order chi connectivity index (χ0) is 26.6. The molecule has 0 spiro atoms. The van der Waals surface area contributed by atoms with Crippen molar-refractivity contribution < 1.29 is 13.9 Å². The smallest absolute Gasteiger partial charge is 0.306 e. The lowest BCUT2D eigenvalue weighted by atomic mass is 9.89. The number of aryl methyl sites for hydroxylation is 1. The van der Waals surface area contributed by atoms with Gasteiger partial charge in [0.2, 0.25) is 0 Å². The monoisotopic (exact) mass is 494 g/mol. The van der Waals surface area contributed by atoms with E-state index in [0.29, 0.717) is 5.69 Å². The number of benzene rings is 1. The number of rotatable bonds is 9. The van der Waals surface area contributed by atoms with Crippen LogP contribution in [-0.2, 0) is 16.1 Å². The Morgan fingerprint density at radius 1 is 1.22 bits per heavy atom. The molecule has 8 nitrogen and oxygen atoms in total. The van der Waals surface area contributed by atoms with Gasteiger partial charge < -0.3 is 15.4 Å². The van der Waals surface area contributed by atoms with Crippen LogP contribution in [0.1, 0.15) is 60.5 Å². The van der Waals surface area contributed by atoms with Gasteiger partial charge >= 0.3 is 5.97 Å². The molecular formula is C27H35FN6O2. The number of aromatic nitrogens is 3. The lowest BCUT2D eigenvalue weighted by Crippen LogP contribution is -2.36. The standard InChI is InChI=1S/C27H35FN6O2/c1-8-34-22-10-9-20(12-19(22)15-30-34)31-25-18(14-29)13-21(28)26(33-25)32-24(16(2)3)17(4)11-23(35)36-27(5,6)7/h9-10,12-13,15-17,24H,8,11H2,1-7H3,(H2,31,32,33)/t17-,24-/m1/s1. The van der Waals surface area contributed by atoms with Gasteiger partial charge in [-0.25, -0.2) is 9.37 Å². The fourth-order valence-corrected chi connectivity index (χ4v) is 4.22. The van der Waals surface area contributed by atoms with Crippen molar-refractivity contribution in [2.45, 2.75) is 73.1 Å². The van der Waals surface area contributed by atoms with E-state index in [2.05, 4.69) is 20.7 Å². The van der Waals surface area contributed by atoms with E-state index < -0.39 is 11.4 Å². The maximum Gasteiger partial charge on any atom is 0.306 e. The van der Waals surface area contributed by atoms with Crippen LogP contribution in [0.25, 0.3) is 10.9 Å². The molecule has 0 bridgehead atoms. The summed E-state index contributed by atoms with van der Waals surface area (Å²) >= 11 is 0. The molecule has 2 N–H and O–H groups in total. The molecule has 1 aromatic carbocycles. The second kappa shape index (κ2) is 10.9. The Kier molecular flexibility index (Phi) is 8.18. The average molecular weight is 495 g/mol. The molecule has 3 aromatic rings. The fourth-order valence-electron chi connectivity index (χ4n) is 4.22. The van der Waals surface area contributed by atoms with Gasteiger partial charge in [-0.3, -0.25) is 9.48 Å². The number of nitriles is 1. The molecule has 0 amide bonds. The zero-order valence-corrected chi connectivity index (χ0v) is 22.0. The first kappa shape index (κ1) is 26.9. The Balaban J connectivity index is 1.85. The van der Waals surface area contributed by atoms with Crippen LogP contribution in [-0.4, -0.2) is 32.4 Å². The molecule has 0 unspecified atom stereocenters. The van der Waals surface area contributed by atoms with Gasteiger partial charge in [0.25, 0.3) is 0 Å². The highest BCUT2D eigenvalue weighted by Gasteiger charge is 2.27. The van der Waals surface area contributed by atoms with Crippen molar-refractivity contribution in [3.05, 3.63) is 41.8 Å². The summed E-state index contributed by atoms with van der Waals surface area (Å²) in [7, 11) is 0. The third-order valence-electron chi connectivity index (χ3n) is 5.84. The van der Waals surface area contributed by atoms with Crippen molar-refractivity contribution in [2.24, 2.45) is 11.8 Å². The number of hydrogen-bond acceptors (Lipinski definition) is 7. The minimum Gasteiger partial charge on any atom is -0.460 e. The number of esters is 1. The first-order chi connectivity index (χ1) is 16.9. The topological polar surface area (TPSA) is 105 Å². The number of anilines is 3. The minimum atomic E-state index is -0.633. The molecular weight excluding hydrogens is 459 g/mol. The van der Waals surface area contributed by atoms with Crippen molar-refractivity contribution in [1.82, 2.24) is 14.8 Å². The molecule has 3 rings (SSSR count). The predicted molar refractivity (Wildman–Crippen MR) is 139 cm³/mol. The van der Waals surface area contributed by atoms with Crippen LogP contribution < -0.4 is 10.6 Å². The normalized spacial score (nSPS) is 13.3. The number of carbonyl (C=O) groups is 1. The summed E-state index contributed by atoms with van der Waals surface area (Å²) in [6.45, 7) is 14.2. The number of nitrogens with one attached hydrogen (secondary N) is 2. The first-order valence-electron chi connectivity index (χ1n) is 12.2. The predicted octanol–water partition coefficient (Wildman–Crippen LogP) is 6.01. The largest absolute Gasteiger partial charge is 0.460 e. The molecule has 192 valence electrons. The lowest BCUT2D eigenvalue weighted by Gasteiger charge is -2.30. The highest BCUT2D eigenvalue weighted by molar-refractivity contribution is 5.83. The van der Waals surface area contributed by atoms with Gasteiger partial charge in [-0.2, -0.15) is 10.4 Å². The summed E-state index contributed by atoms with van der Waals surface area (Å²) < 4.78 is 22.3. The Morgan fingerprint density at radius 3 is 2.56 bits per heavy atom. The molecule has 0 aliphatic carbocycles. The maximum absolute atomic E-state index is 15.0. The molecule has 2 atom stereocenters. The Hall–Kier alpha value is -3.67. The third-order valence-corrected chi connectivity index (χ3v) is 5.84. The lowest BCUT2D eigenvalue weighted by molar-refractivity contribution is -0.156. The number of fused-ring (bicyclic) bond motifs is 1. The van der Waals surface area contributed by atoms with Crippen LogP contribution in [0.15, 0.2) is 30.5 Å². The zero-order valence-electron chi connectivity index (χ0n) is 22.0. The van der Waals surface area contributed by atoms with E-state index in [1.807, 2.05) is 77.4 Å². The molecule has 0 saturated carbocycles. The molecule has 0 fully saturated rings. The highest BCUT2D eigenvalue weighted by Crippen LogP contribution is 2.28. The van der Waals surface area contributed by atoms with Crippen molar-refractivity contribution in [3.8, 4) is 6.07 Å². The second-order valence-corrected chi connectivity index (χ2v) is 10.4. The third kappa shape index (κ3) is 6.51. The number of nitrogens with zero attached hydrogens (tertiary/aromatic N) is 4. The molecule has 0 aliphatic heterocycles. The van der Waals surface area contributed by atoms with Gasteiger partial charge in [0.05, 0.1) is 23.7 Å². The Bertz CT molecular complexity index is 1270. The van der Waals surface area contributed by atoms with Crippen LogP contribution in [0, 0.1) is 29.0 Å². The minimum absolute atomic E-state index is 0.0196. The molecule has 2 heterocycles. The summed E-state index contributed by atoms with van der Waals surface area (Å²) in [5.41, 5.74) is 1.22.